The number of carbonyl (C=O) groups excluding carboxylic acids is 1. The molecule has 148 valence electrons. The molecule has 1 saturated heterocycles. The van der Waals surface area contributed by atoms with Crippen LogP contribution in [0.3, 0.4) is 0 Å². The molecule has 2 heterocycles. The van der Waals surface area contributed by atoms with Crippen molar-refractivity contribution in [1.29, 1.82) is 0 Å². The van der Waals surface area contributed by atoms with Gasteiger partial charge in [0.15, 0.2) is 5.82 Å². The molecule has 0 aromatic heterocycles. The number of nitrogens with one attached hydrogen (secondary N) is 1. The molecule has 0 aliphatic carbocycles. The maximum Gasteiger partial charge on any atom is 0.253 e. The van der Waals surface area contributed by atoms with Crippen LogP contribution in [0.4, 0.5) is 10.1 Å². The largest absolute Gasteiger partial charge is 0.494 e. The van der Waals surface area contributed by atoms with Crippen LogP contribution >= 0.6 is 0 Å². The van der Waals surface area contributed by atoms with Gasteiger partial charge in [0.05, 0.1) is 7.11 Å². The number of carbonyl (C=O) groups is 1. The third kappa shape index (κ3) is 4.32. The molecule has 1 aromatic carbocycles. The van der Waals surface area contributed by atoms with E-state index in [1.807, 2.05) is 0 Å². The van der Waals surface area contributed by atoms with E-state index >= 15 is 4.39 Å². The first-order valence-corrected chi connectivity index (χ1v) is 10.3. The zero-order valence-electron chi connectivity index (χ0n) is 16.0. The Labute approximate surface area is 162 Å². The van der Waals surface area contributed by atoms with E-state index in [9.17, 15) is 9.00 Å². The number of hydrogen-bond acceptors (Lipinski definition) is 4. The monoisotopic (exact) mass is 395 g/mol. The molecule has 2 aliphatic heterocycles. The number of halogens is 1. The van der Waals surface area contributed by atoms with Crippen LogP contribution in [-0.2, 0) is 16.0 Å². The van der Waals surface area contributed by atoms with Gasteiger partial charge in [-0.25, -0.2) is 8.60 Å². The lowest BCUT2D eigenvalue weighted by molar-refractivity contribution is -0.117. The second kappa shape index (κ2) is 8.39. The van der Waals surface area contributed by atoms with E-state index < -0.39 is 22.9 Å². The zero-order chi connectivity index (χ0) is 19.6. The van der Waals surface area contributed by atoms with E-state index in [-0.39, 0.29) is 18.0 Å². The van der Waals surface area contributed by atoms with Crippen molar-refractivity contribution in [2.45, 2.75) is 26.7 Å². The van der Waals surface area contributed by atoms with E-state index in [0.717, 1.165) is 31.5 Å². The minimum Gasteiger partial charge on any atom is -0.494 e. The summed E-state index contributed by atoms with van der Waals surface area (Å²) in [4.78, 5) is 13.9. The van der Waals surface area contributed by atoms with Crippen molar-refractivity contribution in [2.24, 2.45) is 5.92 Å². The van der Waals surface area contributed by atoms with Gasteiger partial charge < -0.3 is 4.74 Å². The third-order valence-corrected chi connectivity index (χ3v) is 5.95. The number of rotatable bonds is 6. The Hall–Kier alpha value is -1.93. The van der Waals surface area contributed by atoms with Crippen LogP contribution in [0.25, 0.3) is 5.57 Å². The molecule has 0 radical (unpaired) electrons. The predicted molar refractivity (Wildman–Crippen MR) is 105 cm³/mol. The molecule has 2 aliphatic rings. The van der Waals surface area contributed by atoms with Crippen LogP contribution < -0.4 is 13.8 Å². The van der Waals surface area contributed by atoms with Gasteiger partial charge in [0.1, 0.15) is 18.0 Å². The molecule has 1 aromatic rings. The summed E-state index contributed by atoms with van der Waals surface area (Å²) >= 11 is -1.81. The van der Waals surface area contributed by atoms with Crippen molar-refractivity contribution >= 4 is 28.3 Å². The number of benzene rings is 1. The minimum absolute atomic E-state index is 0.0619. The second-order valence-electron chi connectivity index (χ2n) is 7.27. The van der Waals surface area contributed by atoms with Gasteiger partial charge in [0.2, 0.25) is 11.2 Å². The first-order chi connectivity index (χ1) is 12.9. The summed E-state index contributed by atoms with van der Waals surface area (Å²) in [5.41, 5.74) is 1.44. The molecule has 1 fully saturated rings. The molecular weight excluding hydrogens is 369 g/mol. The summed E-state index contributed by atoms with van der Waals surface area (Å²) in [6, 6.07) is 3.37. The number of hydrogen-bond donors (Lipinski definition) is 1. The van der Waals surface area contributed by atoms with Crippen LogP contribution in [0, 0.1) is 11.7 Å². The number of amides is 1. The quantitative estimate of drug-likeness (QED) is 0.804. The highest BCUT2D eigenvalue weighted by atomic mass is 32.2. The number of nitrogens with zero attached hydrogens (tertiary/aromatic N) is 2. The minimum atomic E-state index is -1.81. The number of ether oxygens (including phenoxy) is 1. The second-order valence-corrected chi connectivity index (χ2v) is 8.41. The fourth-order valence-electron chi connectivity index (χ4n) is 3.36. The van der Waals surface area contributed by atoms with Crippen LogP contribution in [-0.4, -0.2) is 48.3 Å². The molecule has 0 spiro atoms. The first-order valence-electron chi connectivity index (χ1n) is 9.18. The number of methoxy groups -OCH3 is 1. The Morgan fingerprint density at radius 1 is 1.33 bits per heavy atom. The Bertz CT molecular complexity index is 782. The standard InChI is InChI=1S/C19H26FN3O3S/c1-13(2)8-10-22-9-4-5-14(11-22)15-6-7-16(26-3)19(18(15)20)23-12-17(24)21-27(23)25/h5-7,13H,4,8-12H2,1-3H3,(H,21,24). The van der Waals surface area contributed by atoms with Gasteiger partial charge in [-0.1, -0.05) is 19.9 Å². The van der Waals surface area contributed by atoms with Crippen LogP contribution in [0.1, 0.15) is 32.3 Å². The molecule has 1 amide bonds. The molecular formula is C19H26FN3O3S. The molecule has 27 heavy (non-hydrogen) atoms. The van der Waals surface area contributed by atoms with Gasteiger partial charge in [-0.15, -0.1) is 0 Å². The van der Waals surface area contributed by atoms with Gasteiger partial charge >= 0.3 is 0 Å². The molecule has 1 unspecified atom stereocenters. The van der Waals surface area contributed by atoms with Crippen molar-refractivity contribution < 1.29 is 18.1 Å². The van der Waals surface area contributed by atoms with Gasteiger partial charge in [0, 0.05) is 18.7 Å². The lowest BCUT2D eigenvalue weighted by Crippen LogP contribution is -2.31. The summed E-state index contributed by atoms with van der Waals surface area (Å²) in [7, 11) is 1.43. The highest BCUT2D eigenvalue weighted by Gasteiger charge is 2.33. The fourth-order valence-corrected chi connectivity index (χ4v) is 4.30. The van der Waals surface area contributed by atoms with E-state index in [1.54, 1.807) is 12.1 Å². The van der Waals surface area contributed by atoms with Crippen molar-refractivity contribution in [3.05, 3.63) is 29.6 Å². The van der Waals surface area contributed by atoms with Crippen LogP contribution in [0.15, 0.2) is 18.2 Å². The van der Waals surface area contributed by atoms with Crippen molar-refractivity contribution in [2.75, 3.05) is 37.6 Å². The Morgan fingerprint density at radius 3 is 2.74 bits per heavy atom. The van der Waals surface area contributed by atoms with E-state index in [4.69, 9.17) is 4.74 Å². The molecule has 8 heteroatoms. The smallest absolute Gasteiger partial charge is 0.253 e. The van der Waals surface area contributed by atoms with Crippen LogP contribution in [0.5, 0.6) is 5.75 Å². The number of anilines is 1. The van der Waals surface area contributed by atoms with Gasteiger partial charge in [0.25, 0.3) is 5.91 Å². The summed E-state index contributed by atoms with van der Waals surface area (Å²) in [6.07, 6.45) is 4.03. The normalized spacial score (nSPS) is 20.8. The van der Waals surface area contributed by atoms with E-state index in [0.29, 0.717) is 18.0 Å². The highest BCUT2D eigenvalue weighted by Crippen LogP contribution is 2.38. The summed E-state index contributed by atoms with van der Waals surface area (Å²) < 4.78 is 36.4. The first kappa shape index (κ1) is 19.8. The van der Waals surface area contributed by atoms with E-state index in [2.05, 4.69) is 29.5 Å². The zero-order valence-corrected chi connectivity index (χ0v) is 16.8. The molecule has 0 saturated carbocycles. The van der Waals surface area contributed by atoms with Crippen molar-refractivity contribution in [3.8, 4) is 5.75 Å². The van der Waals surface area contributed by atoms with Gasteiger partial charge in [-0.3, -0.25) is 18.7 Å². The van der Waals surface area contributed by atoms with E-state index in [1.165, 1.54) is 11.4 Å². The maximum atomic E-state index is 15.4. The SMILES string of the molecule is COc1ccc(C2=CCCN(CCC(C)C)C2)c(F)c1N1CC(=O)NS1=O. The maximum absolute atomic E-state index is 15.4. The molecule has 0 bridgehead atoms. The average Bonchev–Trinajstić information content (AvgIpc) is 2.97. The molecule has 6 nitrogen and oxygen atoms in total. The van der Waals surface area contributed by atoms with Gasteiger partial charge in [-0.05, 0) is 43.0 Å². The van der Waals surface area contributed by atoms with Crippen molar-refractivity contribution in [3.63, 3.8) is 0 Å². The summed E-state index contributed by atoms with van der Waals surface area (Å²) in [5.74, 6) is -0.0267. The molecule has 1 N–H and O–H groups in total. The van der Waals surface area contributed by atoms with Crippen molar-refractivity contribution in [1.82, 2.24) is 9.62 Å². The summed E-state index contributed by atoms with van der Waals surface area (Å²) in [5, 5.41) is 0. The highest BCUT2D eigenvalue weighted by molar-refractivity contribution is 7.85. The lowest BCUT2D eigenvalue weighted by Gasteiger charge is -2.29. The van der Waals surface area contributed by atoms with Crippen LogP contribution in [0.2, 0.25) is 0 Å². The molecule has 1 atom stereocenters. The fraction of sp³-hybridized carbons (Fsp3) is 0.526. The predicted octanol–water partition coefficient (Wildman–Crippen LogP) is 2.48. The Balaban J connectivity index is 1.90. The Morgan fingerprint density at radius 2 is 2.11 bits per heavy atom. The van der Waals surface area contributed by atoms with Gasteiger partial charge in [-0.2, -0.15) is 0 Å². The topological polar surface area (TPSA) is 61.9 Å². The summed E-state index contributed by atoms with van der Waals surface area (Å²) in [6.45, 7) is 6.85. The average molecular weight is 396 g/mol. The Kier molecular flexibility index (Phi) is 6.16. The molecule has 3 rings (SSSR count). The third-order valence-electron chi connectivity index (χ3n) is 4.84. The lowest BCUT2D eigenvalue weighted by atomic mass is 9.98.